The lowest BCUT2D eigenvalue weighted by molar-refractivity contribution is 0.104. The Hall–Kier alpha value is -1.84. The first-order valence-electron chi connectivity index (χ1n) is 19.7. The molecule has 0 aliphatic heterocycles. The minimum absolute atomic E-state index is 0.699. The van der Waals surface area contributed by atoms with Crippen molar-refractivity contribution in [1.82, 2.24) is 4.57 Å². The molecule has 1 aromatic heterocycles. The monoisotopic (exact) mass is 638 g/mol. The fourth-order valence-corrected chi connectivity index (χ4v) is 5.70. The number of allylic oxidation sites excluding steroid dienone is 8. The van der Waals surface area contributed by atoms with Gasteiger partial charge < -0.3 is 14.0 Å². The molecule has 46 heavy (non-hydrogen) atoms. The van der Waals surface area contributed by atoms with Crippen molar-refractivity contribution in [2.24, 2.45) is 7.05 Å². The van der Waals surface area contributed by atoms with Gasteiger partial charge in [-0.15, -0.1) is 0 Å². The summed E-state index contributed by atoms with van der Waals surface area (Å²) in [6, 6.07) is 0. The van der Waals surface area contributed by atoms with Gasteiger partial charge in [-0.2, -0.15) is 0 Å². The molecule has 1 heterocycles. The predicted octanol–water partition coefficient (Wildman–Crippen LogP) is 13.7. The Kier molecular flexibility index (Phi) is 31.6. The molecule has 3 heteroatoms. The number of hydrogen-bond acceptors (Lipinski definition) is 2. The van der Waals surface area contributed by atoms with Gasteiger partial charge in [0, 0.05) is 43.8 Å². The van der Waals surface area contributed by atoms with Crippen molar-refractivity contribution in [2.75, 3.05) is 13.2 Å². The van der Waals surface area contributed by atoms with Gasteiger partial charge in [0.1, 0.15) is 0 Å². The van der Waals surface area contributed by atoms with Crippen LogP contribution in [0, 0.1) is 0 Å². The van der Waals surface area contributed by atoms with Crippen LogP contribution in [0.2, 0.25) is 0 Å². The Balaban J connectivity index is 1.92. The molecule has 0 aromatic carbocycles. The van der Waals surface area contributed by atoms with Gasteiger partial charge >= 0.3 is 0 Å². The minimum atomic E-state index is 0.699. The topological polar surface area (TPSA) is 23.4 Å². The molecule has 0 radical (unpaired) electrons. The molecule has 0 atom stereocenters. The standard InChI is InChI=1S/C43H75NO2/c1-4-6-8-10-12-14-16-18-20-22-24-26-28-30-32-34-36-45-40-42-38-44(3)39-43(42)41-46-37-35-33-31-29-27-25-23-21-19-17-15-13-11-9-7-5-2/h12-15,18-21,38-39H,4-11,16-17,22-37,40-41H2,1-3H3/b14-12-,15-13-,20-18-,21-19-. The van der Waals surface area contributed by atoms with Crippen molar-refractivity contribution >= 4 is 0 Å². The van der Waals surface area contributed by atoms with Gasteiger partial charge in [-0.1, -0.05) is 140 Å². The molecule has 0 saturated carbocycles. The van der Waals surface area contributed by atoms with Crippen LogP contribution < -0.4 is 0 Å². The van der Waals surface area contributed by atoms with E-state index < -0.39 is 0 Å². The van der Waals surface area contributed by atoms with Crippen molar-refractivity contribution in [1.29, 1.82) is 0 Å². The lowest BCUT2D eigenvalue weighted by Crippen LogP contribution is -2.00. The number of ether oxygens (including phenoxy) is 2. The maximum atomic E-state index is 6.04. The van der Waals surface area contributed by atoms with Crippen LogP contribution in [0.5, 0.6) is 0 Å². The molecule has 0 aliphatic rings. The number of rotatable bonds is 34. The third-order valence-electron chi connectivity index (χ3n) is 8.63. The normalized spacial score (nSPS) is 12.3. The molecule has 1 rings (SSSR count). The van der Waals surface area contributed by atoms with E-state index in [1.807, 2.05) is 0 Å². The van der Waals surface area contributed by atoms with Gasteiger partial charge in [-0.3, -0.25) is 0 Å². The van der Waals surface area contributed by atoms with Gasteiger partial charge in [-0.25, -0.2) is 0 Å². The molecule has 3 nitrogen and oxygen atoms in total. The first kappa shape index (κ1) is 42.2. The van der Waals surface area contributed by atoms with Crippen LogP contribution in [-0.4, -0.2) is 17.8 Å². The third-order valence-corrected chi connectivity index (χ3v) is 8.63. The van der Waals surface area contributed by atoms with Crippen molar-refractivity contribution < 1.29 is 9.47 Å². The fraction of sp³-hybridized carbons (Fsp3) is 0.721. The van der Waals surface area contributed by atoms with E-state index >= 15 is 0 Å². The Morgan fingerprint density at radius 3 is 1.13 bits per heavy atom. The highest BCUT2D eigenvalue weighted by Gasteiger charge is 2.06. The van der Waals surface area contributed by atoms with E-state index in [0.717, 1.165) is 38.9 Å². The van der Waals surface area contributed by atoms with Gasteiger partial charge in [0.05, 0.1) is 13.2 Å². The van der Waals surface area contributed by atoms with Crippen molar-refractivity contribution in [2.45, 2.75) is 181 Å². The molecule has 0 N–H and O–H groups in total. The second kappa shape index (κ2) is 34.5. The van der Waals surface area contributed by atoms with Crippen LogP contribution in [0.25, 0.3) is 0 Å². The zero-order chi connectivity index (χ0) is 33.0. The Labute approximate surface area is 287 Å². The SMILES string of the molecule is CCCCC/C=C\C/C=C\CCCCCCCCOCc1cn(C)cc1COCCCCCCCC/C=C\C/C=C\CCCCC. The average Bonchev–Trinajstić information content (AvgIpc) is 3.42. The van der Waals surface area contributed by atoms with Crippen LogP contribution in [0.4, 0.5) is 0 Å². The van der Waals surface area contributed by atoms with Crippen molar-refractivity contribution in [3.05, 3.63) is 72.1 Å². The zero-order valence-electron chi connectivity index (χ0n) is 30.8. The summed E-state index contributed by atoms with van der Waals surface area (Å²) in [5.74, 6) is 0. The third kappa shape index (κ3) is 28.4. The van der Waals surface area contributed by atoms with E-state index in [9.17, 15) is 0 Å². The maximum Gasteiger partial charge on any atom is 0.0735 e. The van der Waals surface area contributed by atoms with Crippen LogP contribution in [0.1, 0.15) is 179 Å². The summed E-state index contributed by atoms with van der Waals surface area (Å²) in [5, 5.41) is 0. The first-order chi connectivity index (χ1) is 22.8. The molecule has 0 bridgehead atoms. The highest BCUT2D eigenvalue weighted by molar-refractivity contribution is 5.22. The second-order valence-electron chi connectivity index (χ2n) is 13.2. The highest BCUT2D eigenvalue weighted by atomic mass is 16.5. The Bertz CT molecular complexity index is 808. The van der Waals surface area contributed by atoms with E-state index in [1.165, 1.54) is 140 Å². The van der Waals surface area contributed by atoms with Gasteiger partial charge in [-0.05, 0) is 77.0 Å². The van der Waals surface area contributed by atoms with Gasteiger partial charge in [0.2, 0.25) is 0 Å². The molecule has 264 valence electrons. The number of hydrogen-bond donors (Lipinski definition) is 0. The number of aromatic nitrogens is 1. The summed E-state index contributed by atoms with van der Waals surface area (Å²) in [6.45, 7) is 7.64. The summed E-state index contributed by atoms with van der Waals surface area (Å²) in [6.07, 6.45) is 53.8. The maximum absolute atomic E-state index is 6.04. The molecule has 0 unspecified atom stereocenters. The van der Waals surface area contributed by atoms with E-state index in [4.69, 9.17) is 9.47 Å². The van der Waals surface area contributed by atoms with E-state index in [0.29, 0.717) is 13.2 Å². The lowest BCUT2D eigenvalue weighted by Gasteiger charge is -2.07. The minimum Gasteiger partial charge on any atom is -0.377 e. The molecule has 0 fully saturated rings. The van der Waals surface area contributed by atoms with E-state index in [2.05, 4.69) is 86.5 Å². The zero-order valence-corrected chi connectivity index (χ0v) is 30.8. The predicted molar refractivity (Wildman–Crippen MR) is 203 cm³/mol. The summed E-state index contributed by atoms with van der Waals surface area (Å²) >= 11 is 0. The number of unbranched alkanes of at least 4 members (excludes halogenated alkanes) is 18. The van der Waals surface area contributed by atoms with Crippen LogP contribution in [-0.2, 0) is 29.7 Å². The molecule has 0 aliphatic carbocycles. The Morgan fingerprint density at radius 2 is 0.761 bits per heavy atom. The number of aryl methyl sites for hydroxylation is 1. The smallest absolute Gasteiger partial charge is 0.0735 e. The van der Waals surface area contributed by atoms with Gasteiger partial charge in [0.25, 0.3) is 0 Å². The summed E-state index contributed by atoms with van der Waals surface area (Å²) < 4.78 is 14.2. The van der Waals surface area contributed by atoms with Crippen molar-refractivity contribution in [3.8, 4) is 0 Å². The van der Waals surface area contributed by atoms with Crippen LogP contribution in [0.15, 0.2) is 61.0 Å². The quantitative estimate of drug-likeness (QED) is 0.0554. The van der Waals surface area contributed by atoms with Crippen LogP contribution >= 0.6 is 0 Å². The highest BCUT2D eigenvalue weighted by Crippen LogP contribution is 2.15. The largest absolute Gasteiger partial charge is 0.377 e. The fourth-order valence-electron chi connectivity index (χ4n) is 5.70. The molecular weight excluding hydrogens is 562 g/mol. The molecule has 0 spiro atoms. The van der Waals surface area contributed by atoms with Gasteiger partial charge in [0.15, 0.2) is 0 Å². The first-order valence-corrected chi connectivity index (χ1v) is 19.7. The number of nitrogens with zero attached hydrogens (tertiary/aromatic N) is 1. The van der Waals surface area contributed by atoms with Crippen molar-refractivity contribution in [3.63, 3.8) is 0 Å². The van der Waals surface area contributed by atoms with Crippen LogP contribution in [0.3, 0.4) is 0 Å². The van der Waals surface area contributed by atoms with E-state index in [-0.39, 0.29) is 0 Å². The van der Waals surface area contributed by atoms with E-state index in [1.54, 1.807) is 0 Å². The summed E-state index contributed by atoms with van der Waals surface area (Å²) in [4.78, 5) is 0. The summed E-state index contributed by atoms with van der Waals surface area (Å²) in [5.41, 5.74) is 2.55. The summed E-state index contributed by atoms with van der Waals surface area (Å²) in [7, 11) is 2.10. The molecule has 0 amide bonds. The second-order valence-corrected chi connectivity index (χ2v) is 13.2. The molecular formula is C43H75NO2. The Morgan fingerprint density at radius 1 is 0.435 bits per heavy atom. The molecule has 1 aromatic rings. The average molecular weight is 638 g/mol. The molecule has 0 saturated heterocycles. The lowest BCUT2D eigenvalue weighted by atomic mass is 10.1.